The Morgan fingerprint density at radius 2 is 2.14 bits per heavy atom. The Morgan fingerprint density at radius 1 is 1.45 bits per heavy atom. The summed E-state index contributed by atoms with van der Waals surface area (Å²) in [6.07, 6.45) is 3.16. The Bertz CT molecular complexity index is 641. The zero-order valence-electron chi connectivity index (χ0n) is 12.8. The van der Waals surface area contributed by atoms with Gasteiger partial charge in [0.1, 0.15) is 0 Å². The molecule has 3 N–H and O–H groups in total. The highest BCUT2D eigenvalue weighted by Gasteiger charge is 2.20. The molecule has 6 nitrogen and oxygen atoms in total. The molecule has 1 aromatic carbocycles. The van der Waals surface area contributed by atoms with Crippen molar-refractivity contribution in [3.05, 3.63) is 36.4 Å². The summed E-state index contributed by atoms with van der Waals surface area (Å²) in [5.41, 5.74) is 0.265. The largest absolute Gasteiger partial charge is 0.478 e. The van der Waals surface area contributed by atoms with Crippen molar-refractivity contribution in [2.75, 3.05) is 11.9 Å². The van der Waals surface area contributed by atoms with Gasteiger partial charge >= 0.3 is 5.97 Å². The summed E-state index contributed by atoms with van der Waals surface area (Å²) in [4.78, 5) is 11.2. The van der Waals surface area contributed by atoms with Crippen LogP contribution in [0.25, 0.3) is 0 Å². The van der Waals surface area contributed by atoms with Gasteiger partial charge in [0.05, 0.1) is 10.5 Å². The second kappa shape index (κ2) is 7.95. The van der Waals surface area contributed by atoms with Gasteiger partial charge in [-0.2, -0.15) is 0 Å². The van der Waals surface area contributed by atoms with Gasteiger partial charge in [-0.05, 0) is 31.5 Å². The molecule has 1 atom stereocenters. The van der Waals surface area contributed by atoms with Crippen LogP contribution >= 0.6 is 0 Å². The average molecular weight is 326 g/mol. The van der Waals surface area contributed by atoms with Crippen LogP contribution in [-0.4, -0.2) is 32.1 Å². The second-order valence-corrected chi connectivity index (χ2v) is 6.71. The summed E-state index contributed by atoms with van der Waals surface area (Å²) in [6, 6.07) is 3.79. The van der Waals surface area contributed by atoms with Crippen molar-refractivity contribution in [2.45, 2.75) is 37.6 Å². The summed E-state index contributed by atoms with van der Waals surface area (Å²) >= 11 is 0. The van der Waals surface area contributed by atoms with Crippen LogP contribution in [0.3, 0.4) is 0 Å². The van der Waals surface area contributed by atoms with Crippen LogP contribution in [0.15, 0.2) is 35.7 Å². The predicted molar refractivity (Wildman–Crippen MR) is 86.8 cm³/mol. The van der Waals surface area contributed by atoms with Crippen LogP contribution in [-0.2, 0) is 10.0 Å². The molecule has 0 unspecified atom stereocenters. The summed E-state index contributed by atoms with van der Waals surface area (Å²) in [5.74, 6) is -1.19. The van der Waals surface area contributed by atoms with Gasteiger partial charge in [0.25, 0.3) is 0 Å². The van der Waals surface area contributed by atoms with Crippen molar-refractivity contribution in [3.63, 3.8) is 0 Å². The third-order valence-electron chi connectivity index (χ3n) is 3.05. The Labute approximate surface area is 131 Å². The van der Waals surface area contributed by atoms with Crippen molar-refractivity contribution < 1.29 is 18.3 Å². The van der Waals surface area contributed by atoms with E-state index in [0.717, 1.165) is 12.5 Å². The lowest BCUT2D eigenvalue weighted by atomic mass is 10.2. The highest BCUT2D eigenvalue weighted by molar-refractivity contribution is 7.89. The van der Waals surface area contributed by atoms with Gasteiger partial charge in [0.15, 0.2) is 0 Å². The third kappa shape index (κ3) is 4.85. The first-order chi connectivity index (χ1) is 10.3. The molecule has 0 bridgehead atoms. The van der Waals surface area contributed by atoms with Crippen LogP contribution < -0.4 is 10.0 Å². The molecular weight excluding hydrogens is 304 g/mol. The Hall–Kier alpha value is -1.86. The van der Waals surface area contributed by atoms with Crippen molar-refractivity contribution in [1.29, 1.82) is 0 Å². The molecule has 0 fully saturated rings. The monoisotopic (exact) mass is 326 g/mol. The molecule has 7 heteroatoms. The average Bonchev–Trinajstić information content (AvgIpc) is 2.44. The van der Waals surface area contributed by atoms with Gasteiger partial charge in [-0.25, -0.2) is 17.9 Å². The lowest BCUT2D eigenvalue weighted by molar-refractivity contribution is 0.0697. The quantitative estimate of drug-likeness (QED) is 0.606. The molecule has 1 aromatic rings. The van der Waals surface area contributed by atoms with E-state index in [0.29, 0.717) is 18.7 Å². The molecule has 0 amide bonds. The van der Waals surface area contributed by atoms with Crippen LogP contribution in [0, 0.1) is 0 Å². The Kier molecular flexibility index (Phi) is 6.58. The maximum Gasteiger partial charge on any atom is 0.337 e. The molecule has 0 aliphatic rings. The number of benzene rings is 1. The molecule has 22 heavy (non-hydrogen) atoms. The Morgan fingerprint density at radius 3 is 2.68 bits per heavy atom. The molecule has 0 saturated carbocycles. The minimum atomic E-state index is -3.74. The van der Waals surface area contributed by atoms with Crippen molar-refractivity contribution in [2.24, 2.45) is 0 Å². The fraction of sp³-hybridized carbons (Fsp3) is 0.400. The third-order valence-corrected chi connectivity index (χ3v) is 4.63. The summed E-state index contributed by atoms with van der Waals surface area (Å²) in [6.45, 7) is 7.67. The maximum atomic E-state index is 12.3. The number of sulfonamides is 1. The molecule has 0 radical (unpaired) electrons. The smallest absolute Gasteiger partial charge is 0.337 e. The molecule has 0 spiro atoms. The van der Waals surface area contributed by atoms with E-state index in [-0.39, 0.29) is 16.5 Å². The second-order valence-electron chi connectivity index (χ2n) is 4.99. The highest BCUT2D eigenvalue weighted by atomic mass is 32.2. The van der Waals surface area contributed by atoms with Crippen LogP contribution in [0.2, 0.25) is 0 Å². The van der Waals surface area contributed by atoms with E-state index in [2.05, 4.69) is 16.6 Å². The number of carboxylic acid groups (broad SMARTS) is 1. The van der Waals surface area contributed by atoms with Gasteiger partial charge in [-0.1, -0.05) is 19.4 Å². The molecule has 0 heterocycles. The SMILES string of the molecule is C=CCNc1ccc(S(=O)(=O)N[C@@H](C)CCC)cc1C(=O)O. The number of aromatic carboxylic acids is 1. The van der Waals surface area contributed by atoms with E-state index >= 15 is 0 Å². The predicted octanol–water partition coefficient (Wildman–Crippen LogP) is 2.45. The van der Waals surface area contributed by atoms with Crippen LogP contribution in [0.1, 0.15) is 37.0 Å². The lowest BCUT2D eigenvalue weighted by Gasteiger charge is -2.15. The van der Waals surface area contributed by atoms with Gasteiger partial charge in [0.2, 0.25) is 10.0 Å². The molecule has 0 aliphatic heterocycles. The van der Waals surface area contributed by atoms with Crippen LogP contribution in [0.4, 0.5) is 5.69 Å². The van der Waals surface area contributed by atoms with Crippen molar-refractivity contribution in [3.8, 4) is 0 Å². The normalized spacial score (nSPS) is 12.6. The first kappa shape index (κ1) is 18.2. The number of hydrogen-bond acceptors (Lipinski definition) is 4. The van der Waals surface area contributed by atoms with E-state index in [4.69, 9.17) is 0 Å². The van der Waals surface area contributed by atoms with E-state index in [1.165, 1.54) is 12.1 Å². The summed E-state index contributed by atoms with van der Waals surface area (Å²) in [7, 11) is -3.74. The number of nitrogens with one attached hydrogen (secondary N) is 2. The highest BCUT2D eigenvalue weighted by Crippen LogP contribution is 2.21. The number of rotatable bonds is 9. The van der Waals surface area contributed by atoms with Gasteiger partial charge in [-0.3, -0.25) is 0 Å². The zero-order chi connectivity index (χ0) is 16.8. The number of carboxylic acids is 1. The number of hydrogen-bond donors (Lipinski definition) is 3. The van der Waals surface area contributed by atoms with Gasteiger partial charge in [0, 0.05) is 18.3 Å². The van der Waals surface area contributed by atoms with Gasteiger partial charge in [-0.15, -0.1) is 6.58 Å². The zero-order valence-corrected chi connectivity index (χ0v) is 13.6. The first-order valence-electron chi connectivity index (χ1n) is 7.06. The topological polar surface area (TPSA) is 95.5 Å². The first-order valence-corrected chi connectivity index (χ1v) is 8.54. The van der Waals surface area contributed by atoms with E-state index in [9.17, 15) is 18.3 Å². The van der Waals surface area contributed by atoms with E-state index in [1.807, 2.05) is 6.92 Å². The molecule has 0 aromatic heterocycles. The summed E-state index contributed by atoms with van der Waals surface area (Å²) < 4.78 is 27.1. The lowest BCUT2D eigenvalue weighted by Crippen LogP contribution is -2.32. The standard InChI is InChI=1S/C15H22N2O4S/c1-4-6-11(3)17-22(20,21)12-7-8-14(16-9-5-2)13(10-12)15(18)19/h5,7-8,10-11,16-17H,2,4,6,9H2,1,3H3,(H,18,19)/t11-/m0/s1. The maximum absolute atomic E-state index is 12.3. The molecule has 0 aliphatic carbocycles. The molecule has 122 valence electrons. The Balaban J connectivity index is 3.12. The number of anilines is 1. The van der Waals surface area contributed by atoms with Crippen LogP contribution in [0.5, 0.6) is 0 Å². The van der Waals surface area contributed by atoms with Crippen molar-refractivity contribution in [1.82, 2.24) is 4.72 Å². The number of carbonyl (C=O) groups is 1. The molecule has 0 saturated heterocycles. The minimum Gasteiger partial charge on any atom is -0.478 e. The minimum absolute atomic E-state index is 0.0583. The molecule has 1 rings (SSSR count). The fourth-order valence-corrected chi connectivity index (χ4v) is 3.33. The van der Waals surface area contributed by atoms with E-state index in [1.54, 1.807) is 13.0 Å². The fourth-order valence-electron chi connectivity index (χ4n) is 2.03. The van der Waals surface area contributed by atoms with Crippen molar-refractivity contribution >= 4 is 21.7 Å². The van der Waals surface area contributed by atoms with E-state index < -0.39 is 16.0 Å². The summed E-state index contributed by atoms with van der Waals surface area (Å²) in [5, 5.41) is 12.1. The molecular formula is C15H22N2O4S. The van der Waals surface area contributed by atoms with Gasteiger partial charge < -0.3 is 10.4 Å².